The Hall–Kier alpha value is -3.35. The van der Waals surface area contributed by atoms with Gasteiger partial charge in [0.05, 0.1) is 16.7 Å². The van der Waals surface area contributed by atoms with E-state index < -0.39 is 17.1 Å². The number of hydrogen-bond donors (Lipinski definition) is 2. The van der Waals surface area contributed by atoms with Gasteiger partial charge in [-0.2, -0.15) is 0 Å². The van der Waals surface area contributed by atoms with Crippen molar-refractivity contribution in [2.24, 2.45) is 5.92 Å². The zero-order valence-corrected chi connectivity index (χ0v) is 21.7. The smallest absolute Gasteiger partial charge is 0.166 e. The number of ether oxygens (including phenoxy) is 1. The molecule has 2 N–H and O–H groups in total. The summed E-state index contributed by atoms with van der Waals surface area (Å²) < 4.78 is 22.9. The monoisotopic (exact) mass is 521 g/mol. The van der Waals surface area contributed by atoms with E-state index >= 15 is 0 Å². The van der Waals surface area contributed by atoms with Gasteiger partial charge in [-0.1, -0.05) is 36.4 Å². The molecule has 2 bridgehead atoms. The Balaban J connectivity index is 1.30. The number of phenolic OH excluding ortho intramolecular Hbond substituents is 1. The molecule has 3 heterocycles. The maximum atomic E-state index is 13.8. The van der Waals surface area contributed by atoms with Gasteiger partial charge in [0.1, 0.15) is 5.82 Å². The van der Waals surface area contributed by atoms with Gasteiger partial charge in [0.2, 0.25) is 0 Å². The number of aromatic hydroxyl groups is 1. The quantitative estimate of drug-likeness (QED) is 0.386. The first-order chi connectivity index (χ1) is 19.0. The van der Waals surface area contributed by atoms with E-state index in [2.05, 4.69) is 39.8 Å². The SMILES string of the molecule is Oc1ccc2c3c1O[C@H]1c4c(c5ccccc5n4Cc4ccc([18F])cc4)C[C@@]4(O)C(C2)N(CC2CC2)CC[C@]314. The first kappa shape index (κ1) is 22.5. The van der Waals surface area contributed by atoms with Crippen molar-refractivity contribution in [1.82, 2.24) is 9.47 Å². The molecule has 5 nitrogen and oxygen atoms in total. The molecule has 3 aliphatic carbocycles. The number of aromatic nitrogens is 1. The molecule has 1 saturated heterocycles. The van der Waals surface area contributed by atoms with E-state index in [1.54, 1.807) is 6.07 Å². The Morgan fingerprint density at radius 2 is 1.85 bits per heavy atom. The Kier molecular flexibility index (Phi) is 4.28. The van der Waals surface area contributed by atoms with Crippen LogP contribution in [0.15, 0.2) is 60.7 Å². The second kappa shape index (κ2) is 7.43. The van der Waals surface area contributed by atoms with Crippen LogP contribution in [0.4, 0.5) is 4.39 Å². The molecule has 3 aromatic carbocycles. The van der Waals surface area contributed by atoms with Crippen molar-refractivity contribution in [3.8, 4) is 11.5 Å². The summed E-state index contributed by atoms with van der Waals surface area (Å²) in [5.41, 5.74) is 4.94. The minimum atomic E-state index is -1.01. The normalized spacial score (nSPS) is 30.2. The van der Waals surface area contributed by atoms with Gasteiger partial charge in [0.25, 0.3) is 0 Å². The fourth-order valence-corrected chi connectivity index (χ4v) is 8.75. The zero-order valence-electron chi connectivity index (χ0n) is 21.7. The van der Waals surface area contributed by atoms with Gasteiger partial charge in [-0.05, 0) is 79.1 Å². The third-order valence-corrected chi connectivity index (χ3v) is 10.6. The number of benzene rings is 3. The van der Waals surface area contributed by atoms with Crippen LogP contribution in [0.5, 0.6) is 11.5 Å². The summed E-state index contributed by atoms with van der Waals surface area (Å²) >= 11 is 0. The number of para-hydroxylation sites is 1. The van der Waals surface area contributed by atoms with Crippen LogP contribution in [0.25, 0.3) is 10.9 Å². The van der Waals surface area contributed by atoms with Crippen molar-refractivity contribution < 1.29 is 19.3 Å². The molecule has 198 valence electrons. The Bertz CT molecular complexity index is 1670. The summed E-state index contributed by atoms with van der Waals surface area (Å²) in [6, 6.07) is 18.9. The molecule has 0 amide bonds. The molecule has 5 aliphatic rings. The number of likely N-dealkylation sites (tertiary alicyclic amines) is 1. The van der Waals surface area contributed by atoms with Gasteiger partial charge in [0.15, 0.2) is 17.6 Å². The van der Waals surface area contributed by atoms with Gasteiger partial charge in [-0.25, -0.2) is 4.39 Å². The average Bonchev–Trinajstić information content (AvgIpc) is 3.61. The standard InChI is InChI=1S/C33H31FN2O3/c34-22-10-7-20(8-11-22)18-36-25-4-2-1-3-23(25)24-16-33(38)27-15-21-9-12-26(37)30-28(21)32(33,31(39-30)29(24)36)13-14-35(27)17-19-5-6-19/h1-4,7-12,19,27,31,37-38H,5-6,13-18H2/t27?,31-,32-,33+/m0/s1/i34-1. The molecule has 0 radical (unpaired) electrons. The minimum absolute atomic E-state index is 0.00769. The van der Waals surface area contributed by atoms with Crippen molar-refractivity contribution in [2.45, 2.75) is 61.8 Å². The fourth-order valence-electron chi connectivity index (χ4n) is 8.75. The summed E-state index contributed by atoms with van der Waals surface area (Å²) in [5.74, 6) is 1.20. The Morgan fingerprint density at radius 3 is 2.67 bits per heavy atom. The van der Waals surface area contributed by atoms with E-state index in [0.29, 0.717) is 18.7 Å². The van der Waals surface area contributed by atoms with Crippen molar-refractivity contribution in [2.75, 3.05) is 13.1 Å². The Morgan fingerprint density at radius 1 is 1.03 bits per heavy atom. The highest BCUT2D eigenvalue weighted by molar-refractivity contribution is 5.87. The number of phenols is 1. The molecular formula is C33H31FN2O3. The van der Waals surface area contributed by atoms with Crippen molar-refractivity contribution in [3.05, 3.63) is 94.4 Å². The lowest BCUT2D eigenvalue weighted by Crippen LogP contribution is -2.74. The van der Waals surface area contributed by atoms with Crippen LogP contribution >= 0.6 is 0 Å². The highest BCUT2D eigenvalue weighted by Crippen LogP contribution is 2.69. The minimum Gasteiger partial charge on any atom is -0.504 e. The molecule has 2 fully saturated rings. The number of rotatable bonds is 4. The predicted octanol–water partition coefficient (Wildman–Crippen LogP) is 5.23. The first-order valence-electron chi connectivity index (χ1n) is 14.3. The zero-order chi connectivity index (χ0) is 26.1. The highest BCUT2D eigenvalue weighted by Gasteiger charge is 2.73. The number of nitrogens with zero attached hydrogens (tertiary/aromatic N) is 2. The van der Waals surface area contributed by atoms with E-state index in [4.69, 9.17) is 4.74 Å². The topological polar surface area (TPSA) is 57.9 Å². The molecule has 1 unspecified atom stereocenters. The summed E-state index contributed by atoms with van der Waals surface area (Å²) in [7, 11) is 0. The van der Waals surface area contributed by atoms with Crippen molar-refractivity contribution in [1.29, 1.82) is 0 Å². The van der Waals surface area contributed by atoms with E-state index in [0.717, 1.165) is 65.1 Å². The first-order valence-corrected chi connectivity index (χ1v) is 14.3. The predicted molar refractivity (Wildman–Crippen MR) is 146 cm³/mol. The summed E-state index contributed by atoms with van der Waals surface area (Å²) in [6.45, 7) is 2.55. The second-order valence-corrected chi connectivity index (χ2v) is 12.5. The third-order valence-electron chi connectivity index (χ3n) is 10.6. The van der Waals surface area contributed by atoms with Crippen LogP contribution in [-0.2, 0) is 24.8 Å². The van der Waals surface area contributed by atoms with E-state index in [-0.39, 0.29) is 17.6 Å². The van der Waals surface area contributed by atoms with E-state index in [1.807, 2.05) is 12.1 Å². The van der Waals surface area contributed by atoms with Gasteiger partial charge >= 0.3 is 0 Å². The lowest BCUT2D eigenvalue weighted by molar-refractivity contribution is -0.173. The molecule has 1 saturated carbocycles. The van der Waals surface area contributed by atoms with Crippen molar-refractivity contribution in [3.63, 3.8) is 0 Å². The number of piperidine rings is 1. The van der Waals surface area contributed by atoms with E-state index in [1.165, 1.54) is 30.5 Å². The van der Waals surface area contributed by atoms with E-state index in [9.17, 15) is 14.6 Å². The van der Waals surface area contributed by atoms with Gasteiger partial charge in [0, 0.05) is 42.0 Å². The molecule has 1 aromatic heterocycles. The molecule has 4 aromatic rings. The number of hydrogen-bond acceptors (Lipinski definition) is 4. The molecular weight excluding hydrogens is 490 g/mol. The van der Waals surface area contributed by atoms with Gasteiger partial charge in [-0.3, -0.25) is 4.90 Å². The molecule has 4 atom stereocenters. The molecule has 9 rings (SSSR count). The van der Waals surface area contributed by atoms with Crippen LogP contribution in [0.2, 0.25) is 0 Å². The van der Waals surface area contributed by atoms with Crippen molar-refractivity contribution >= 4 is 10.9 Å². The molecule has 1 spiro atoms. The van der Waals surface area contributed by atoms with Crippen LogP contribution in [0, 0.1) is 11.7 Å². The molecule has 2 aliphatic heterocycles. The Labute approximate surface area is 226 Å². The lowest BCUT2D eigenvalue weighted by Gasteiger charge is -2.63. The maximum Gasteiger partial charge on any atom is 0.166 e. The third kappa shape index (κ3) is 2.76. The van der Waals surface area contributed by atoms with Crippen LogP contribution in [0.1, 0.15) is 53.3 Å². The van der Waals surface area contributed by atoms with Gasteiger partial charge < -0.3 is 19.5 Å². The van der Waals surface area contributed by atoms with Crippen LogP contribution in [-0.4, -0.2) is 44.4 Å². The van der Waals surface area contributed by atoms with Gasteiger partial charge in [-0.15, -0.1) is 0 Å². The largest absolute Gasteiger partial charge is 0.504 e. The lowest BCUT2D eigenvalue weighted by atomic mass is 9.49. The summed E-state index contributed by atoms with van der Waals surface area (Å²) in [6.07, 6.45) is 4.28. The number of halogens is 1. The summed E-state index contributed by atoms with van der Waals surface area (Å²) in [4.78, 5) is 2.57. The average molecular weight is 522 g/mol. The second-order valence-electron chi connectivity index (χ2n) is 12.5. The highest BCUT2D eigenvalue weighted by atomic mass is 18.2. The molecule has 6 heteroatoms. The number of fused-ring (bicyclic) bond motifs is 4. The maximum absolute atomic E-state index is 13.8. The number of aliphatic hydroxyl groups is 1. The molecule has 39 heavy (non-hydrogen) atoms. The fraction of sp³-hybridized carbons (Fsp3) is 0.394. The summed E-state index contributed by atoms with van der Waals surface area (Å²) in [5, 5.41) is 25.3. The van der Waals surface area contributed by atoms with Crippen LogP contribution in [0.3, 0.4) is 0 Å². The van der Waals surface area contributed by atoms with Crippen LogP contribution < -0.4 is 4.74 Å².